The number of hydrogen-bond donors (Lipinski definition) is 1. The molecule has 7 nitrogen and oxygen atoms in total. The number of alkyl halides is 3. The highest BCUT2D eigenvalue weighted by Crippen LogP contribution is 2.40. The van der Waals surface area contributed by atoms with Gasteiger partial charge in [0.05, 0.1) is 17.0 Å². The highest BCUT2D eigenvalue weighted by Gasteiger charge is 2.46. The second-order valence-corrected chi connectivity index (χ2v) is 8.37. The van der Waals surface area contributed by atoms with Crippen LogP contribution in [0.5, 0.6) is 0 Å². The van der Waals surface area contributed by atoms with Crippen LogP contribution in [0.25, 0.3) is 0 Å². The van der Waals surface area contributed by atoms with Crippen molar-refractivity contribution in [3.05, 3.63) is 29.2 Å². The van der Waals surface area contributed by atoms with E-state index in [1.165, 1.54) is 0 Å². The molecular formula is C20H27F3N6O. The number of hydrogen-bond acceptors (Lipinski definition) is 4. The molecule has 10 heteroatoms. The summed E-state index contributed by atoms with van der Waals surface area (Å²) in [6.07, 6.45) is -1.01. The number of fused-ring (bicyclic) bond motifs is 1. The summed E-state index contributed by atoms with van der Waals surface area (Å²) in [4.78, 5) is 14.7. The van der Waals surface area contributed by atoms with Crippen molar-refractivity contribution in [2.45, 2.75) is 70.8 Å². The van der Waals surface area contributed by atoms with Gasteiger partial charge in [-0.3, -0.25) is 9.48 Å². The van der Waals surface area contributed by atoms with Crippen LogP contribution in [0.4, 0.5) is 19.0 Å². The number of likely N-dealkylation sites (tertiary alicyclic amines) is 1. The third-order valence-corrected chi connectivity index (χ3v) is 5.92. The molecule has 0 aromatic carbocycles. The first kappa shape index (κ1) is 20.7. The van der Waals surface area contributed by atoms with Crippen molar-refractivity contribution in [2.75, 3.05) is 18.4 Å². The quantitative estimate of drug-likeness (QED) is 0.812. The number of aromatic nitrogens is 4. The van der Waals surface area contributed by atoms with E-state index in [9.17, 15) is 18.0 Å². The van der Waals surface area contributed by atoms with Crippen LogP contribution < -0.4 is 5.32 Å². The predicted octanol–water partition coefficient (Wildman–Crippen LogP) is 3.74. The van der Waals surface area contributed by atoms with E-state index in [0.29, 0.717) is 42.3 Å². The molecule has 2 aromatic heterocycles. The lowest BCUT2D eigenvalue weighted by Gasteiger charge is -2.31. The van der Waals surface area contributed by atoms with Crippen LogP contribution in [0.2, 0.25) is 0 Å². The van der Waals surface area contributed by atoms with Gasteiger partial charge in [0, 0.05) is 43.9 Å². The van der Waals surface area contributed by atoms with Crippen molar-refractivity contribution in [2.24, 2.45) is 0 Å². The van der Waals surface area contributed by atoms with E-state index in [2.05, 4.69) is 15.5 Å². The summed E-state index contributed by atoms with van der Waals surface area (Å²) in [6, 6.07) is -0.195. The largest absolute Gasteiger partial charge is 0.410 e. The molecule has 0 saturated carbocycles. The Hall–Kier alpha value is -2.52. The van der Waals surface area contributed by atoms with E-state index in [4.69, 9.17) is 0 Å². The van der Waals surface area contributed by atoms with E-state index in [-0.39, 0.29) is 24.3 Å². The molecule has 0 radical (unpaired) electrons. The molecular weight excluding hydrogens is 397 g/mol. The molecule has 30 heavy (non-hydrogen) atoms. The van der Waals surface area contributed by atoms with E-state index < -0.39 is 12.2 Å². The number of nitrogens with zero attached hydrogens (tertiary/aromatic N) is 5. The van der Waals surface area contributed by atoms with Crippen LogP contribution in [0.3, 0.4) is 0 Å². The summed E-state index contributed by atoms with van der Waals surface area (Å²) in [6.45, 7) is 7.36. The lowest BCUT2D eigenvalue weighted by Crippen LogP contribution is -2.37. The van der Waals surface area contributed by atoms with Crippen LogP contribution in [-0.4, -0.2) is 55.7 Å². The summed E-state index contributed by atoms with van der Waals surface area (Å²) in [5, 5.41) is 11.8. The van der Waals surface area contributed by atoms with E-state index in [1.807, 2.05) is 13.8 Å². The van der Waals surface area contributed by atoms with Crippen LogP contribution in [0.1, 0.15) is 66.8 Å². The van der Waals surface area contributed by atoms with E-state index in [0.717, 1.165) is 17.6 Å². The standard InChI is InChI=1S/C20H27F3N6O/c1-4-6-28-11-15(13(3)25-28)19(30)27-7-5-14(10-27)16-9-18-24-12(2)8-17(20(21,22)23)29(18)26-16/h9,11-12,14,17,24H,4-8,10H2,1-3H3/t12-,14?,17-/m1/s1. The minimum Gasteiger partial charge on any atom is -0.368 e. The third-order valence-electron chi connectivity index (χ3n) is 5.92. The van der Waals surface area contributed by atoms with Gasteiger partial charge in [-0.2, -0.15) is 23.4 Å². The number of aryl methyl sites for hydroxylation is 2. The molecule has 164 valence electrons. The van der Waals surface area contributed by atoms with Gasteiger partial charge in [-0.05, 0) is 33.1 Å². The number of amides is 1. The Labute approximate surface area is 173 Å². The number of nitrogens with one attached hydrogen (secondary N) is 1. The van der Waals surface area contributed by atoms with Gasteiger partial charge in [0.1, 0.15) is 5.82 Å². The molecule has 4 rings (SSSR count). The number of anilines is 1. The van der Waals surface area contributed by atoms with Crippen LogP contribution in [-0.2, 0) is 6.54 Å². The maximum Gasteiger partial charge on any atom is 0.410 e. The molecule has 0 aliphatic carbocycles. The third kappa shape index (κ3) is 3.79. The SMILES string of the molecule is CCCn1cc(C(=O)N2CCC(c3cc4n(n3)[C@@H](C(F)(F)F)C[C@@H](C)N4)C2)c(C)n1. The predicted molar refractivity (Wildman–Crippen MR) is 106 cm³/mol. The fraction of sp³-hybridized carbons (Fsp3) is 0.650. The average Bonchev–Trinajstić information content (AvgIpc) is 3.37. The molecule has 4 heterocycles. The minimum absolute atomic E-state index is 0.0477. The Morgan fingerprint density at radius 1 is 1.33 bits per heavy atom. The fourth-order valence-electron chi connectivity index (χ4n) is 4.40. The topological polar surface area (TPSA) is 68.0 Å². The maximum absolute atomic E-state index is 13.5. The molecule has 2 aliphatic rings. The number of halogens is 3. The normalized spacial score (nSPS) is 24.1. The highest BCUT2D eigenvalue weighted by atomic mass is 19.4. The Morgan fingerprint density at radius 2 is 2.10 bits per heavy atom. The molecule has 1 unspecified atom stereocenters. The van der Waals surface area contributed by atoms with Crippen molar-refractivity contribution < 1.29 is 18.0 Å². The molecule has 1 saturated heterocycles. The molecule has 2 aliphatic heterocycles. The Morgan fingerprint density at radius 3 is 2.80 bits per heavy atom. The average molecular weight is 424 g/mol. The summed E-state index contributed by atoms with van der Waals surface area (Å²) < 4.78 is 43.3. The fourth-order valence-corrected chi connectivity index (χ4v) is 4.40. The van der Waals surface area contributed by atoms with Crippen molar-refractivity contribution in [1.82, 2.24) is 24.5 Å². The maximum atomic E-state index is 13.5. The van der Waals surface area contributed by atoms with Crippen molar-refractivity contribution in [3.8, 4) is 0 Å². The van der Waals surface area contributed by atoms with Gasteiger partial charge in [0.2, 0.25) is 0 Å². The number of carbonyl (C=O) groups is 1. The smallest absolute Gasteiger partial charge is 0.368 e. The summed E-state index contributed by atoms with van der Waals surface area (Å²) in [5.74, 6) is 0.234. The second-order valence-electron chi connectivity index (χ2n) is 8.37. The summed E-state index contributed by atoms with van der Waals surface area (Å²) in [7, 11) is 0. The van der Waals surface area contributed by atoms with E-state index >= 15 is 0 Å². The molecule has 1 N–H and O–H groups in total. The van der Waals surface area contributed by atoms with Gasteiger partial charge in [-0.15, -0.1) is 0 Å². The van der Waals surface area contributed by atoms with Crippen LogP contribution >= 0.6 is 0 Å². The zero-order chi connectivity index (χ0) is 21.6. The van der Waals surface area contributed by atoms with Gasteiger partial charge in [-0.1, -0.05) is 6.92 Å². The van der Waals surface area contributed by atoms with Gasteiger partial charge in [0.15, 0.2) is 6.04 Å². The first-order valence-corrected chi connectivity index (χ1v) is 10.4. The lowest BCUT2D eigenvalue weighted by molar-refractivity contribution is -0.173. The molecule has 1 amide bonds. The molecule has 3 atom stereocenters. The van der Waals surface area contributed by atoms with E-state index in [1.54, 1.807) is 28.8 Å². The first-order chi connectivity index (χ1) is 14.2. The number of rotatable bonds is 4. The van der Waals surface area contributed by atoms with Crippen LogP contribution in [0.15, 0.2) is 12.3 Å². The Bertz CT molecular complexity index is 934. The highest BCUT2D eigenvalue weighted by molar-refractivity contribution is 5.95. The van der Waals surface area contributed by atoms with Gasteiger partial charge in [-0.25, -0.2) is 4.68 Å². The monoisotopic (exact) mass is 424 g/mol. The molecule has 0 spiro atoms. The Kier molecular flexibility index (Phi) is 5.27. The summed E-state index contributed by atoms with van der Waals surface area (Å²) in [5.41, 5.74) is 1.89. The zero-order valence-electron chi connectivity index (χ0n) is 17.4. The minimum atomic E-state index is -4.34. The molecule has 0 bridgehead atoms. The van der Waals surface area contributed by atoms with Crippen molar-refractivity contribution in [1.29, 1.82) is 0 Å². The molecule has 1 fully saturated rings. The van der Waals surface area contributed by atoms with Crippen LogP contribution in [0, 0.1) is 6.92 Å². The summed E-state index contributed by atoms with van der Waals surface area (Å²) >= 11 is 0. The first-order valence-electron chi connectivity index (χ1n) is 10.4. The van der Waals surface area contributed by atoms with Gasteiger partial charge >= 0.3 is 6.18 Å². The lowest BCUT2D eigenvalue weighted by atomic mass is 10.0. The van der Waals surface area contributed by atoms with Crippen molar-refractivity contribution >= 4 is 11.7 Å². The number of carbonyl (C=O) groups excluding carboxylic acids is 1. The second kappa shape index (κ2) is 7.63. The Balaban J connectivity index is 1.51. The van der Waals surface area contributed by atoms with Gasteiger partial charge < -0.3 is 10.2 Å². The zero-order valence-corrected chi connectivity index (χ0v) is 17.4. The van der Waals surface area contributed by atoms with Crippen molar-refractivity contribution in [3.63, 3.8) is 0 Å². The molecule has 2 aromatic rings. The van der Waals surface area contributed by atoms with Gasteiger partial charge in [0.25, 0.3) is 5.91 Å².